The van der Waals surface area contributed by atoms with Gasteiger partial charge in [0.05, 0.1) is 11.4 Å². The first-order chi connectivity index (χ1) is 15.1. The number of nitrogen functional groups attached to an aromatic ring is 1. The minimum atomic E-state index is -4.89. The van der Waals surface area contributed by atoms with E-state index in [2.05, 4.69) is 15.5 Å². The Hall–Kier alpha value is -3.15. The maximum Gasteiger partial charge on any atom is 0.298 e. The smallest absolute Gasteiger partial charge is 0.298 e. The van der Waals surface area contributed by atoms with Gasteiger partial charge in [-0.05, 0) is 30.3 Å². The molecule has 3 aromatic rings. The molecule has 0 aliphatic carbocycles. The van der Waals surface area contributed by atoms with E-state index in [9.17, 15) is 38.9 Å². The molecule has 3 aromatic carbocycles. The van der Waals surface area contributed by atoms with Crippen LogP contribution in [0.15, 0.2) is 67.4 Å². The van der Waals surface area contributed by atoms with Gasteiger partial charge < -0.3 is 11.1 Å². The lowest BCUT2D eigenvalue weighted by Crippen LogP contribution is -2.04. The number of azo groups is 1. The summed E-state index contributed by atoms with van der Waals surface area (Å²) in [4.78, 5) is -2.17. The molecule has 0 radical (unpaired) electrons. The maximum atomic E-state index is 11.9. The molecule has 0 atom stereocenters. The van der Waals surface area contributed by atoms with Gasteiger partial charge in [-0.3, -0.25) is 13.7 Å². The van der Waals surface area contributed by atoms with Crippen LogP contribution in [0, 0.1) is 0 Å². The van der Waals surface area contributed by atoms with E-state index in [0.29, 0.717) is 5.69 Å². The van der Waals surface area contributed by atoms with Crippen LogP contribution in [0.25, 0.3) is 10.8 Å². The molecule has 0 bridgehead atoms. The molecule has 0 aliphatic heterocycles. The Balaban J connectivity index is 2.34. The third-order valence-electron chi connectivity index (χ3n) is 4.38. The van der Waals surface area contributed by atoms with Crippen LogP contribution in [0.4, 0.5) is 22.7 Å². The van der Waals surface area contributed by atoms with Crippen LogP contribution in [0.5, 0.6) is 0 Å². The number of nitrogens with one attached hydrogen (secondary N) is 1. The fourth-order valence-corrected chi connectivity index (χ4v) is 5.20. The largest absolute Gasteiger partial charge is 0.397 e. The van der Waals surface area contributed by atoms with E-state index in [4.69, 9.17) is 5.73 Å². The zero-order valence-corrected chi connectivity index (χ0v) is 19.0. The standard InChI is InChI=1S/C17H16N4O9S3/c1-19-9-6-13(18)17(33(28,29)30)14(7-9)21-20-10-5-12-11(16(8-10)32(25,26)27)3-2-4-15(12)31(22,23)24/h2-8,19H,18H2,1H3,(H,22,23,24)(H,25,26,27)(H,28,29,30). The van der Waals surface area contributed by atoms with Crippen molar-refractivity contribution in [1.29, 1.82) is 0 Å². The molecule has 0 saturated heterocycles. The predicted molar refractivity (Wildman–Crippen MR) is 118 cm³/mol. The SMILES string of the molecule is CNc1cc(N)c(S(=O)(=O)O)c(N=Nc2cc(S(=O)(=O)O)c3cccc(S(=O)(=O)O)c3c2)c1. The first-order valence-corrected chi connectivity index (χ1v) is 13.0. The zero-order chi connectivity index (χ0) is 24.8. The molecule has 13 nitrogen and oxygen atoms in total. The van der Waals surface area contributed by atoms with E-state index in [1.165, 1.54) is 25.2 Å². The molecule has 3 rings (SSSR count). The maximum absolute atomic E-state index is 11.9. The lowest BCUT2D eigenvalue weighted by molar-refractivity contribution is 0.481. The number of anilines is 2. The van der Waals surface area contributed by atoms with Gasteiger partial charge in [0.2, 0.25) is 0 Å². The van der Waals surface area contributed by atoms with E-state index < -0.39 is 50.7 Å². The molecule has 0 aromatic heterocycles. The van der Waals surface area contributed by atoms with Gasteiger partial charge >= 0.3 is 0 Å². The van der Waals surface area contributed by atoms with Gasteiger partial charge in [-0.2, -0.15) is 30.4 Å². The van der Waals surface area contributed by atoms with Crippen LogP contribution in [0.3, 0.4) is 0 Å². The number of hydrogen-bond acceptors (Lipinski definition) is 10. The first-order valence-electron chi connectivity index (χ1n) is 8.65. The monoisotopic (exact) mass is 516 g/mol. The van der Waals surface area contributed by atoms with Gasteiger partial charge in [0.15, 0.2) is 0 Å². The second-order valence-corrected chi connectivity index (χ2v) is 10.7. The fraction of sp³-hybridized carbons (Fsp3) is 0.0588. The Morgan fingerprint density at radius 1 is 0.788 bits per heavy atom. The van der Waals surface area contributed by atoms with Gasteiger partial charge in [0.1, 0.15) is 20.4 Å². The van der Waals surface area contributed by atoms with Crippen molar-refractivity contribution < 1.29 is 38.9 Å². The summed E-state index contributed by atoms with van der Waals surface area (Å²) in [6.45, 7) is 0. The highest BCUT2D eigenvalue weighted by atomic mass is 32.2. The molecule has 0 fully saturated rings. The molecule has 176 valence electrons. The number of hydrogen-bond donors (Lipinski definition) is 5. The minimum absolute atomic E-state index is 0.230. The van der Waals surface area contributed by atoms with Crippen LogP contribution < -0.4 is 11.1 Å². The summed E-state index contributed by atoms with van der Waals surface area (Å²) in [5.74, 6) is 0. The van der Waals surface area contributed by atoms with E-state index in [0.717, 1.165) is 24.3 Å². The van der Waals surface area contributed by atoms with Gasteiger partial charge in [-0.15, -0.1) is 5.11 Å². The Labute approximate surface area is 188 Å². The highest BCUT2D eigenvalue weighted by Gasteiger charge is 2.23. The van der Waals surface area contributed by atoms with Crippen molar-refractivity contribution in [1.82, 2.24) is 0 Å². The Morgan fingerprint density at radius 3 is 1.97 bits per heavy atom. The summed E-state index contributed by atoms with van der Waals surface area (Å²) in [7, 11) is -13.0. The Bertz CT molecular complexity index is 1630. The second-order valence-electron chi connectivity index (χ2n) is 6.58. The number of nitrogens with two attached hydrogens (primary N) is 1. The molecular weight excluding hydrogens is 500 g/mol. The molecule has 0 heterocycles. The number of fused-ring (bicyclic) bond motifs is 1. The number of rotatable bonds is 6. The molecule has 6 N–H and O–H groups in total. The first kappa shape index (κ1) is 24.5. The molecule has 0 unspecified atom stereocenters. The van der Waals surface area contributed by atoms with Crippen LogP contribution in [0.1, 0.15) is 0 Å². The number of nitrogens with zero attached hydrogens (tertiary/aromatic N) is 2. The summed E-state index contributed by atoms with van der Waals surface area (Å²) < 4.78 is 99.3. The van der Waals surface area contributed by atoms with E-state index in [1.807, 2.05) is 0 Å². The molecule has 33 heavy (non-hydrogen) atoms. The lowest BCUT2D eigenvalue weighted by Gasteiger charge is -2.10. The summed E-state index contributed by atoms with van der Waals surface area (Å²) in [5.41, 5.74) is 4.89. The highest BCUT2D eigenvalue weighted by Crippen LogP contribution is 2.37. The van der Waals surface area contributed by atoms with E-state index in [-0.39, 0.29) is 22.1 Å². The van der Waals surface area contributed by atoms with E-state index in [1.54, 1.807) is 0 Å². The molecule has 0 saturated carbocycles. The topological polar surface area (TPSA) is 226 Å². The van der Waals surface area contributed by atoms with Crippen molar-refractivity contribution in [2.75, 3.05) is 18.1 Å². The van der Waals surface area contributed by atoms with Crippen LogP contribution in [0.2, 0.25) is 0 Å². The lowest BCUT2D eigenvalue weighted by atomic mass is 10.1. The molecule has 0 aliphatic rings. The van der Waals surface area contributed by atoms with E-state index >= 15 is 0 Å². The van der Waals surface area contributed by atoms with Gasteiger partial charge in [0, 0.05) is 23.5 Å². The van der Waals surface area contributed by atoms with Crippen molar-refractivity contribution in [2.24, 2.45) is 10.2 Å². The number of benzene rings is 3. The van der Waals surface area contributed by atoms with Crippen molar-refractivity contribution in [3.8, 4) is 0 Å². The molecule has 0 spiro atoms. The quantitative estimate of drug-likeness (QED) is 0.182. The van der Waals surface area contributed by atoms with Gasteiger partial charge in [-0.25, -0.2) is 0 Å². The van der Waals surface area contributed by atoms with Crippen molar-refractivity contribution in [3.63, 3.8) is 0 Å². The van der Waals surface area contributed by atoms with Crippen LogP contribution in [-0.2, 0) is 30.4 Å². The van der Waals surface area contributed by atoms with Gasteiger partial charge in [-0.1, -0.05) is 12.1 Å². The highest BCUT2D eigenvalue weighted by molar-refractivity contribution is 7.86. The summed E-state index contributed by atoms with van der Waals surface area (Å²) >= 11 is 0. The van der Waals surface area contributed by atoms with Crippen molar-refractivity contribution in [3.05, 3.63) is 42.5 Å². The normalized spacial score (nSPS) is 13.0. The average molecular weight is 517 g/mol. The molecule has 0 amide bonds. The van der Waals surface area contributed by atoms with Crippen molar-refractivity contribution in [2.45, 2.75) is 14.7 Å². The third-order valence-corrected chi connectivity index (χ3v) is 7.14. The van der Waals surface area contributed by atoms with Crippen molar-refractivity contribution >= 4 is 63.9 Å². The summed E-state index contributed by atoms with van der Waals surface area (Å²) in [5, 5.41) is 9.60. The van der Waals surface area contributed by atoms with Crippen LogP contribution >= 0.6 is 0 Å². The third kappa shape index (κ3) is 5.10. The molecule has 16 heteroatoms. The van der Waals surface area contributed by atoms with Crippen LogP contribution in [-0.4, -0.2) is 46.0 Å². The Kier molecular flexibility index (Phi) is 6.18. The second kappa shape index (κ2) is 8.32. The fourth-order valence-electron chi connectivity index (χ4n) is 3.05. The minimum Gasteiger partial charge on any atom is -0.397 e. The van der Waals surface area contributed by atoms with Gasteiger partial charge in [0.25, 0.3) is 30.4 Å². The predicted octanol–water partition coefficient (Wildman–Crippen LogP) is 2.62. The summed E-state index contributed by atoms with van der Waals surface area (Å²) in [6.07, 6.45) is 0. The Morgan fingerprint density at radius 2 is 1.42 bits per heavy atom. The molecular formula is C17H16N4O9S3. The zero-order valence-electron chi connectivity index (χ0n) is 16.5. The average Bonchev–Trinajstić information content (AvgIpc) is 2.68. The summed E-state index contributed by atoms with van der Waals surface area (Å²) in [6, 6.07) is 7.65.